The molecule has 0 saturated heterocycles. The Morgan fingerprint density at radius 3 is 2.31 bits per heavy atom. The highest BCUT2D eigenvalue weighted by Crippen LogP contribution is 2.29. The molecule has 0 heterocycles. The lowest BCUT2D eigenvalue weighted by Gasteiger charge is -2.24. The van der Waals surface area contributed by atoms with Crippen LogP contribution in [0.3, 0.4) is 0 Å². The molecule has 0 aliphatic carbocycles. The first-order valence-corrected chi connectivity index (χ1v) is 11.1. The lowest BCUT2D eigenvalue weighted by Crippen LogP contribution is -2.38. The highest BCUT2D eigenvalue weighted by atomic mass is 16.5. The van der Waals surface area contributed by atoms with Crippen molar-refractivity contribution in [3.8, 4) is 11.5 Å². The number of ether oxygens (including phenoxy) is 2. The van der Waals surface area contributed by atoms with Crippen LogP contribution in [0.4, 0.5) is 0 Å². The fraction of sp³-hybridized carbons (Fsp3) is 0.407. The van der Waals surface area contributed by atoms with E-state index in [1.54, 1.807) is 12.1 Å². The van der Waals surface area contributed by atoms with Crippen molar-refractivity contribution in [1.82, 2.24) is 0 Å². The Labute approximate surface area is 191 Å². The second-order valence-electron chi connectivity index (χ2n) is 8.50. The molecule has 2 rings (SSSR count). The third-order valence-electron chi connectivity index (χ3n) is 5.19. The Balaban J connectivity index is 2.13. The predicted octanol–water partition coefficient (Wildman–Crippen LogP) is 6.40. The first kappa shape index (κ1) is 25.2. The molecule has 172 valence electrons. The maximum absolute atomic E-state index is 12.8. The molecular weight excluding hydrogens is 404 g/mol. The summed E-state index contributed by atoms with van der Waals surface area (Å²) in [4.78, 5) is 24.2. The van der Waals surface area contributed by atoms with Crippen molar-refractivity contribution >= 4 is 17.8 Å². The SMILES string of the molecule is CCCCCCOc1ccccc1C(=O)C=Cc1cc(C)c(OC(C)(C)C(=O)O)c(C)c1. The highest BCUT2D eigenvalue weighted by molar-refractivity contribution is 6.08. The number of aryl methyl sites for hydroxylation is 2. The Morgan fingerprint density at radius 1 is 1.03 bits per heavy atom. The van der Waals surface area contributed by atoms with Crippen LogP contribution >= 0.6 is 0 Å². The summed E-state index contributed by atoms with van der Waals surface area (Å²) >= 11 is 0. The summed E-state index contributed by atoms with van der Waals surface area (Å²) in [5.41, 5.74) is 1.66. The number of rotatable bonds is 12. The molecule has 2 aromatic carbocycles. The standard InChI is InChI=1S/C27H34O5/c1-6-7-8-11-16-31-24-13-10-9-12-22(24)23(28)15-14-21-17-19(2)25(20(3)18-21)32-27(4,5)26(29)30/h9-10,12-15,17-18H,6-8,11,16H2,1-5H3,(H,29,30). The van der Waals surface area contributed by atoms with Gasteiger partial charge in [0.1, 0.15) is 11.5 Å². The van der Waals surface area contributed by atoms with E-state index < -0.39 is 11.6 Å². The van der Waals surface area contributed by atoms with Crippen LogP contribution < -0.4 is 9.47 Å². The minimum atomic E-state index is -1.33. The molecule has 0 aromatic heterocycles. The monoisotopic (exact) mass is 438 g/mol. The van der Waals surface area contributed by atoms with Gasteiger partial charge in [0.25, 0.3) is 0 Å². The largest absolute Gasteiger partial charge is 0.493 e. The van der Waals surface area contributed by atoms with Gasteiger partial charge in [-0.25, -0.2) is 4.79 Å². The van der Waals surface area contributed by atoms with E-state index >= 15 is 0 Å². The Kier molecular flexibility index (Phi) is 9.06. The molecule has 0 spiro atoms. The van der Waals surface area contributed by atoms with Crippen molar-refractivity contribution in [3.05, 3.63) is 64.7 Å². The quantitative estimate of drug-likeness (QED) is 0.236. The number of allylic oxidation sites excluding steroid dienone is 1. The number of carbonyl (C=O) groups excluding carboxylic acids is 1. The van der Waals surface area contributed by atoms with E-state index in [0.29, 0.717) is 23.7 Å². The van der Waals surface area contributed by atoms with Gasteiger partial charge in [-0.2, -0.15) is 0 Å². The summed E-state index contributed by atoms with van der Waals surface area (Å²) in [5, 5.41) is 9.32. The molecule has 5 nitrogen and oxygen atoms in total. The van der Waals surface area contributed by atoms with Crippen LogP contribution in [0, 0.1) is 13.8 Å². The lowest BCUT2D eigenvalue weighted by molar-refractivity contribution is -0.152. The van der Waals surface area contributed by atoms with Crippen molar-refractivity contribution in [2.24, 2.45) is 0 Å². The number of aliphatic carboxylic acids is 1. The number of carbonyl (C=O) groups is 2. The molecule has 0 atom stereocenters. The second-order valence-corrected chi connectivity index (χ2v) is 8.50. The number of para-hydroxylation sites is 1. The zero-order valence-electron chi connectivity index (χ0n) is 19.7. The van der Waals surface area contributed by atoms with Crippen molar-refractivity contribution in [2.75, 3.05) is 6.61 Å². The van der Waals surface area contributed by atoms with Gasteiger partial charge in [0.2, 0.25) is 0 Å². The van der Waals surface area contributed by atoms with Crippen molar-refractivity contribution in [3.63, 3.8) is 0 Å². The molecule has 0 saturated carbocycles. The molecule has 0 aliphatic heterocycles. The summed E-state index contributed by atoms with van der Waals surface area (Å²) in [6.45, 7) is 9.53. The van der Waals surface area contributed by atoms with Gasteiger partial charge < -0.3 is 14.6 Å². The van der Waals surface area contributed by atoms with E-state index in [2.05, 4.69) is 6.92 Å². The van der Waals surface area contributed by atoms with Gasteiger partial charge in [0.05, 0.1) is 12.2 Å². The molecule has 5 heteroatoms. The van der Waals surface area contributed by atoms with Gasteiger partial charge in [-0.05, 0) is 81.1 Å². The van der Waals surface area contributed by atoms with Crippen molar-refractivity contribution < 1.29 is 24.2 Å². The fourth-order valence-corrected chi connectivity index (χ4v) is 3.31. The predicted molar refractivity (Wildman–Crippen MR) is 128 cm³/mol. The molecule has 0 amide bonds. The van der Waals surface area contributed by atoms with Crippen LogP contribution in [-0.4, -0.2) is 29.1 Å². The maximum atomic E-state index is 12.8. The van der Waals surface area contributed by atoms with E-state index in [0.717, 1.165) is 29.5 Å². The Morgan fingerprint density at radius 2 is 1.69 bits per heavy atom. The average molecular weight is 439 g/mol. The molecule has 0 radical (unpaired) electrons. The molecular formula is C27H34O5. The van der Waals surface area contributed by atoms with Crippen LogP contribution in [0.15, 0.2) is 42.5 Å². The van der Waals surface area contributed by atoms with E-state index in [9.17, 15) is 14.7 Å². The summed E-state index contributed by atoms with van der Waals surface area (Å²) in [5.74, 6) is -0.0118. The zero-order valence-corrected chi connectivity index (χ0v) is 19.7. The number of benzene rings is 2. The van der Waals surface area contributed by atoms with Gasteiger partial charge in [0.15, 0.2) is 11.4 Å². The number of unbranched alkanes of at least 4 members (excludes halogenated alkanes) is 3. The van der Waals surface area contributed by atoms with Crippen LogP contribution in [0.2, 0.25) is 0 Å². The van der Waals surface area contributed by atoms with Crippen molar-refractivity contribution in [2.45, 2.75) is 65.9 Å². The molecule has 2 aromatic rings. The van der Waals surface area contributed by atoms with E-state index in [1.165, 1.54) is 32.8 Å². The minimum Gasteiger partial charge on any atom is -0.493 e. The first-order valence-electron chi connectivity index (χ1n) is 11.1. The third-order valence-corrected chi connectivity index (χ3v) is 5.19. The topological polar surface area (TPSA) is 72.8 Å². The van der Waals surface area contributed by atoms with Crippen LogP contribution in [0.5, 0.6) is 11.5 Å². The molecule has 1 N–H and O–H groups in total. The first-order chi connectivity index (χ1) is 15.2. The van der Waals surface area contributed by atoms with Gasteiger partial charge in [-0.3, -0.25) is 4.79 Å². The van der Waals surface area contributed by atoms with E-state index in [1.807, 2.05) is 44.2 Å². The van der Waals surface area contributed by atoms with E-state index in [4.69, 9.17) is 9.47 Å². The van der Waals surface area contributed by atoms with Gasteiger partial charge in [0, 0.05) is 0 Å². The normalized spacial score (nSPS) is 11.5. The summed E-state index contributed by atoms with van der Waals surface area (Å²) in [7, 11) is 0. The second kappa shape index (κ2) is 11.5. The Bertz CT molecular complexity index is 949. The summed E-state index contributed by atoms with van der Waals surface area (Å²) < 4.78 is 11.6. The number of hydrogen-bond acceptors (Lipinski definition) is 4. The molecule has 0 bridgehead atoms. The Hall–Kier alpha value is -3.08. The molecule has 0 unspecified atom stereocenters. The molecule has 0 fully saturated rings. The number of carboxylic acid groups (broad SMARTS) is 1. The van der Waals surface area contributed by atoms with E-state index in [-0.39, 0.29) is 5.78 Å². The van der Waals surface area contributed by atoms with Crippen molar-refractivity contribution in [1.29, 1.82) is 0 Å². The lowest BCUT2D eigenvalue weighted by atomic mass is 10.0. The van der Waals surface area contributed by atoms with Crippen LogP contribution in [-0.2, 0) is 4.79 Å². The number of hydrogen-bond donors (Lipinski definition) is 1. The maximum Gasteiger partial charge on any atom is 0.347 e. The smallest absolute Gasteiger partial charge is 0.347 e. The van der Waals surface area contributed by atoms with Gasteiger partial charge in [-0.1, -0.05) is 44.4 Å². The van der Waals surface area contributed by atoms with Gasteiger partial charge >= 0.3 is 5.97 Å². The van der Waals surface area contributed by atoms with Gasteiger partial charge in [-0.15, -0.1) is 0 Å². The highest BCUT2D eigenvalue weighted by Gasteiger charge is 2.30. The third kappa shape index (κ3) is 6.98. The molecule has 32 heavy (non-hydrogen) atoms. The van der Waals surface area contributed by atoms with Crippen LogP contribution in [0.25, 0.3) is 6.08 Å². The number of carboxylic acids is 1. The zero-order chi connectivity index (χ0) is 23.7. The van der Waals surface area contributed by atoms with Crippen LogP contribution in [0.1, 0.15) is 73.5 Å². The number of ketones is 1. The average Bonchev–Trinajstić information content (AvgIpc) is 2.74. The summed E-state index contributed by atoms with van der Waals surface area (Å²) in [6.07, 6.45) is 7.74. The minimum absolute atomic E-state index is 0.128. The summed E-state index contributed by atoms with van der Waals surface area (Å²) in [6, 6.07) is 11.0. The molecule has 0 aliphatic rings. The fourth-order valence-electron chi connectivity index (χ4n) is 3.31.